The molecular formula is C10H24N2. The maximum absolute atomic E-state index is 5.65. The molecule has 0 bridgehead atoms. The highest BCUT2D eigenvalue weighted by Gasteiger charge is 2.30. The second-order valence-electron chi connectivity index (χ2n) is 4.55. The highest BCUT2D eigenvalue weighted by molar-refractivity contribution is 4.86. The van der Waals surface area contributed by atoms with Crippen molar-refractivity contribution in [3.05, 3.63) is 0 Å². The van der Waals surface area contributed by atoms with Crippen LogP contribution in [0.25, 0.3) is 0 Å². The standard InChI is InChI=1S/C10H24N2/c1-8(7-11)9(2)10(3,4)12(5)6/h8-9H,7,11H2,1-6H3. The van der Waals surface area contributed by atoms with Crippen molar-refractivity contribution in [2.24, 2.45) is 17.6 Å². The van der Waals surface area contributed by atoms with Gasteiger partial charge in [-0.3, -0.25) is 0 Å². The van der Waals surface area contributed by atoms with Crippen LogP contribution >= 0.6 is 0 Å². The first-order valence-corrected chi connectivity index (χ1v) is 4.71. The summed E-state index contributed by atoms with van der Waals surface area (Å²) >= 11 is 0. The fraction of sp³-hybridized carbons (Fsp3) is 1.00. The van der Waals surface area contributed by atoms with E-state index in [2.05, 4.69) is 46.7 Å². The Bertz CT molecular complexity index is 130. The predicted molar refractivity (Wildman–Crippen MR) is 55.1 cm³/mol. The number of rotatable bonds is 4. The van der Waals surface area contributed by atoms with Crippen LogP contribution in [-0.4, -0.2) is 31.1 Å². The molecule has 0 aromatic carbocycles. The summed E-state index contributed by atoms with van der Waals surface area (Å²) in [6.07, 6.45) is 0. The van der Waals surface area contributed by atoms with E-state index in [0.29, 0.717) is 11.8 Å². The molecule has 0 rings (SSSR count). The lowest BCUT2D eigenvalue weighted by Gasteiger charge is -2.41. The lowest BCUT2D eigenvalue weighted by molar-refractivity contribution is 0.0941. The topological polar surface area (TPSA) is 29.3 Å². The zero-order chi connectivity index (χ0) is 9.94. The number of hydrogen-bond acceptors (Lipinski definition) is 2. The molecule has 2 atom stereocenters. The average molecular weight is 172 g/mol. The van der Waals surface area contributed by atoms with Crippen LogP contribution in [-0.2, 0) is 0 Å². The SMILES string of the molecule is CC(CN)C(C)C(C)(C)N(C)C. The van der Waals surface area contributed by atoms with Gasteiger partial charge in [-0.1, -0.05) is 13.8 Å². The first-order chi connectivity index (χ1) is 5.34. The molecule has 2 nitrogen and oxygen atoms in total. The molecule has 12 heavy (non-hydrogen) atoms. The lowest BCUT2D eigenvalue weighted by atomic mass is 9.79. The summed E-state index contributed by atoms with van der Waals surface area (Å²) in [4.78, 5) is 2.27. The van der Waals surface area contributed by atoms with E-state index in [-0.39, 0.29) is 5.54 Å². The van der Waals surface area contributed by atoms with E-state index < -0.39 is 0 Å². The van der Waals surface area contributed by atoms with Crippen LogP contribution in [0.4, 0.5) is 0 Å². The second kappa shape index (κ2) is 4.24. The molecule has 0 heterocycles. The normalized spacial score (nSPS) is 18.0. The van der Waals surface area contributed by atoms with Crippen molar-refractivity contribution in [1.82, 2.24) is 4.90 Å². The summed E-state index contributed by atoms with van der Waals surface area (Å²) in [5, 5.41) is 0. The second-order valence-corrected chi connectivity index (χ2v) is 4.55. The van der Waals surface area contributed by atoms with Crippen molar-refractivity contribution in [2.75, 3.05) is 20.6 Å². The maximum atomic E-state index is 5.65. The van der Waals surface area contributed by atoms with E-state index in [0.717, 1.165) is 6.54 Å². The van der Waals surface area contributed by atoms with Crippen molar-refractivity contribution < 1.29 is 0 Å². The number of nitrogens with zero attached hydrogens (tertiary/aromatic N) is 1. The van der Waals surface area contributed by atoms with Crippen molar-refractivity contribution in [2.45, 2.75) is 33.2 Å². The molecule has 0 spiro atoms. The monoisotopic (exact) mass is 172 g/mol. The third kappa shape index (κ3) is 2.46. The molecule has 0 aliphatic heterocycles. The van der Waals surface area contributed by atoms with Crippen molar-refractivity contribution in [3.8, 4) is 0 Å². The lowest BCUT2D eigenvalue weighted by Crippen LogP contribution is -2.47. The molecule has 0 aliphatic carbocycles. The maximum Gasteiger partial charge on any atom is 0.0175 e. The van der Waals surface area contributed by atoms with Crippen LogP contribution < -0.4 is 5.73 Å². The summed E-state index contributed by atoms with van der Waals surface area (Å²) in [7, 11) is 4.25. The summed E-state index contributed by atoms with van der Waals surface area (Å²) in [5.41, 5.74) is 5.89. The van der Waals surface area contributed by atoms with Gasteiger partial charge in [0.25, 0.3) is 0 Å². The molecule has 0 aromatic heterocycles. The van der Waals surface area contributed by atoms with Gasteiger partial charge in [0.15, 0.2) is 0 Å². The molecule has 0 radical (unpaired) electrons. The first-order valence-electron chi connectivity index (χ1n) is 4.71. The minimum atomic E-state index is 0.235. The minimum absolute atomic E-state index is 0.235. The van der Waals surface area contributed by atoms with Crippen LogP contribution in [0, 0.1) is 11.8 Å². The Morgan fingerprint density at radius 1 is 1.25 bits per heavy atom. The van der Waals surface area contributed by atoms with Crippen molar-refractivity contribution in [3.63, 3.8) is 0 Å². The van der Waals surface area contributed by atoms with Crippen molar-refractivity contribution >= 4 is 0 Å². The Kier molecular flexibility index (Phi) is 4.21. The molecule has 0 aromatic rings. The van der Waals surface area contributed by atoms with E-state index in [1.54, 1.807) is 0 Å². The van der Waals surface area contributed by atoms with Gasteiger partial charge in [0.05, 0.1) is 0 Å². The zero-order valence-corrected chi connectivity index (χ0v) is 9.39. The molecular weight excluding hydrogens is 148 g/mol. The van der Waals surface area contributed by atoms with Gasteiger partial charge < -0.3 is 10.6 Å². The summed E-state index contributed by atoms with van der Waals surface area (Å²) < 4.78 is 0. The molecule has 2 heteroatoms. The van der Waals surface area contributed by atoms with Crippen LogP contribution in [0.5, 0.6) is 0 Å². The van der Waals surface area contributed by atoms with Crippen LogP contribution in [0.3, 0.4) is 0 Å². The molecule has 74 valence electrons. The van der Waals surface area contributed by atoms with E-state index in [4.69, 9.17) is 5.73 Å². The van der Waals surface area contributed by atoms with Crippen LogP contribution in [0.2, 0.25) is 0 Å². The van der Waals surface area contributed by atoms with Gasteiger partial charge in [-0.2, -0.15) is 0 Å². The van der Waals surface area contributed by atoms with Gasteiger partial charge >= 0.3 is 0 Å². The summed E-state index contributed by atoms with van der Waals surface area (Å²) in [6, 6.07) is 0. The van der Waals surface area contributed by atoms with Gasteiger partial charge in [-0.15, -0.1) is 0 Å². The zero-order valence-electron chi connectivity index (χ0n) is 9.39. The van der Waals surface area contributed by atoms with E-state index >= 15 is 0 Å². The molecule has 2 unspecified atom stereocenters. The van der Waals surface area contributed by atoms with Crippen LogP contribution in [0.15, 0.2) is 0 Å². The van der Waals surface area contributed by atoms with Crippen molar-refractivity contribution in [1.29, 1.82) is 0 Å². The molecule has 2 N–H and O–H groups in total. The van der Waals surface area contributed by atoms with E-state index in [1.807, 2.05) is 0 Å². The smallest absolute Gasteiger partial charge is 0.0175 e. The first kappa shape index (κ1) is 11.9. The number of nitrogens with two attached hydrogens (primary N) is 1. The number of hydrogen-bond donors (Lipinski definition) is 1. The largest absolute Gasteiger partial charge is 0.330 e. The molecule has 0 amide bonds. The highest BCUT2D eigenvalue weighted by Crippen LogP contribution is 2.27. The van der Waals surface area contributed by atoms with Crippen LogP contribution in [0.1, 0.15) is 27.7 Å². The molecule has 0 fully saturated rings. The molecule has 0 saturated carbocycles. The Morgan fingerprint density at radius 3 is 1.92 bits per heavy atom. The Morgan fingerprint density at radius 2 is 1.67 bits per heavy atom. The van der Waals surface area contributed by atoms with E-state index in [9.17, 15) is 0 Å². The predicted octanol–water partition coefficient (Wildman–Crippen LogP) is 1.56. The molecule has 0 saturated heterocycles. The highest BCUT2D eigenvalue weighted by atomic mass is 15.1. The van der Waals surface area contributed by atoms with Gasteiger partial charge in [0.1, 0.15) is 0 Å². The van der Waals surface area contributed by atoms with Gasteiger partial charge in [-0.05, 0) is 46.3 Å². The van der Waals surface area contributed by atoms with Gasteiger partial charge in [0, 0.05) is 5.54 Å². The van der Waals surface area contributed by atoms with E-state index in [1.165, 1.54) is 0 Å². The minimum Gasteiger partial charge on any atom is -0.330 e. The third-order valence-corrected chi connectivity index (χ3v) is 3.49. The Labute approximate surface area is 77.1 Å². The third-order valence-electron chi connectivity index (χ3n) is 3.49. The van der Waals surface area contributed by atoms with Gasteiger partial charge in [0.2, 0.25) is 0 Å². The summed E-state index contributed by atoms with van der Waals surface area (Å²) in [6.45, 7) is 9.81. The quantitative estimate of drug-likeness (QED) is 0.697. The van der Waals surface area contributed by atoms with Gasteiger partial charge in [-0.25, -0.2) is 0 Å². The summed E-state index contributed by atoms with van der Waals surface area (Å²) in [5.74, 6) is 1.21. The fourth-order valence-electron chi connectivity index (χ4n) is 1.31. The fourth-order valence-corrected chi connectivity index (χ4v) is 1.31. The Hall–Kier alpha value is -0.0800. The average Bonchev–Trinajstić information content (AvgIpc) is 2.01. The Balaban J connectivity index is 4.34. The molecule has 0 aliphatic rings.